The molecule has 3 atom stereocenters. The first-order valence-electron chi connectivity index (χ1n) is 35.7. The fourth-order valence-corrected chi connectivity index (χ4v) is 11.9. The number of unbranched alkanes of at least 4 members (excludes halogenated alkanes) is 50. The van der Waals surface area contributed by atoms with E-state index in [4.69, 9.17) is 9.05 Å². The van der Waals surface area contributed by atoms with Gasteiger partial charge in [-0.1, -0.05) is 346 Å². The van der Waals surface area contributed by atoms with E-state index in [2.05, 4.69) is 43.5 Å². The number of phosphoric acid groups is 1. The van der Waals surface area contributed by atoms with Crippen LogP contribution in [0, 0.1) is 0 Å². The molecule has 0 aliphatic rings. The number of phosphoric ester groups is 1. The molecule has 2 N–H and O–H groups in total. The minimum Gasteiger partial charge on any atom is -0.756 e. The van der Waals surface area contributed by atoms with Crippen molar-refractivity contribution in [1.82, 2.24) is 5.32 Å². The second-order valence-corrected chi connectivity index (χ2v) is 27.4. The van der Waals surface area contributed by atoms with Crippen LogP contribution in [0.3, 0.4) is 0 Å². The van der Waals surface area contributed by atoms with Crippen LogP contribution in [0.15, 0.2) is 24.3 Å². The molecule has 0 saturated carbocycles. The fourth-order valence-electron chi connectivity index (χ4n) is 11.1. The molecule has 9 heteroatoms. The molecule has 0 bridgehead atoms. The highest BCUT2D eigenvalue weighted by Gasteiger charge is 2.24. The van der Waals surface area contributed by atoms with Crippen LogP contribution in [0.4, 0.5) is 0 Å². The number of likely N-dealkylation sites (N-methyl/N-ethyl adjacent to an activating group) is 1. The molecule has 0 aromatic carbocycles. The molecular weight excluding hydrogens is 1010 g/mol. The van der Waals surface area contributed by atoms with E-state index in [1.165, 1.54) is 302 Å². The summed E-state index contributed by atoms with van der Waals surface area (Å²) in [6.07, 6.45) is 81.3. The van der Waals surface area contributed by atoms with Crippen molar-refractivity contribution in [3.63, 3.8) is 0 Å². The molecule has 8 nitrogen and oxygen atoms in total. The molecule has 0 aliphatic heterocycles. The summed E-state index contributed by atoms with van der Waals surface area (Å²) >= 11 is 0. The summed E-state index contributed by atoms with van der Waals surface area (Å²) in [7, 11) is 1.32. The molecule has 0 aliphatic carbocycles. The van der Waals surface area contributed by atoms with Gasteiger partial charge in [-0.15, -0.1) is 0 Å². The summed E-state index contributed by atoms with van der Waals surface area (Å²) in [5, 5.41) is 14.1. The predicted molar refractivity (Wildman–Crippen MR) is 349 cm³/mol. The van der Waals surface area contributed by atoms with Gasteiger partial charge < -0.3 is 28.8 Å². The van der Waals surface area contributed by atoms with Gasteiger partial charge in [-0.25, -0.2) is 0 Å². The Kier molecular flexibility index (Phi) is 61.7. The minimum atomic E-state index is -4.58. The Morgan fingerprint density at radius 2 is 0.725 bits per heavy atom. The molecule has 3 unspecified atom stereocenters. The van der Waals surface area contributed by atoms with Crippen molar-refractivity contribution in [3.05, 3.63) is 24.3 Å². The van der Waals surface area contributed by atoms with Crippen LogP contribution in [-0.2, 0) is 18.4 Å². The number of rotatable bonds is 67. The Morgan fingerprint density at radius 3 is 1.04 bits per heavy atom. The number of carbonyl (C=O) groups excluding carboxylic acids is 1. The Morgan fingerprint density at radius 1 is 0.438 bits per heavy atom. The van der Waals surface area contributed by atoms with Crippen LogP contribution in [0.25, 0.3) is 0 Å². The maximum Gasteiger partial charge on any atom is 0.268 e. The van der Waals surface area contributed by atoms with Gasteiger partial charge in [0.15, 0.2) is 0 Å². The van der Waals surface area contributed by atoms with Crippen LogP contribution >= 0.6 is 7.82 Å². The molecule has 0 radical (unpaired) electrons. The first kappa shape index (κ1) is 79.0. The zero-order valence-corrected chi connectivity index (χ0v) is 55.5. The van der Waals surface area contributed by atoms with Gasteiger partial charge in [0.25, 0.3) is 7.82 Å². The zero-order chi connectivity index (χ0) is 58.4. The number of hydrogen-bond donors (Lipinski definition) is 2. The topological polar surface area (TPSA) is 108 Å². The monoisotopic (exact) mass is 1150 g/mol. The number of carbonyl (C=O) groups is 1. The molecule has 0 rings (SSSR count). The van der Waals surface area contributed by atoms with Gasteiger partial charge in [0.05, 0.1) is 39.9 Å². The van der Waals surface area contributed by atoms with Gasteiger partial charge in [0.2, 0.25) is 5.91 Å². The Balaban J connectivity index is 3.91. The van der Waals surface area contributed by atoms with Crippen molar-refractivity contribution in [1.29, 1.82) is 0 Å². The first-order valence-corrected chi connectivity index (χ1v) is 37.1. The summed E-state index contributed by atoms with van der Waals surface area (Å²) in [4.78, 5) is 25.6. The van der Waals surface area contributed by atoms with Crippen LogP contribution in [-0.4, -0.2) is 68.5 Å². The average molecular weight is 1150 g/mol. The van der Waals surface area contributed by atoms with E-state index in [1.54, 1.807) is 0 Å². The number of quaternary nitrogens is 1. The van der Waals surface area contributed by atoms with E-state index in [9.17, 15) is 19.4 Å². The van der Waals surface area contributed by atoms with Crippen LogP contribution in [0.5, 0.6) is 0 Å². The van der Waals surface area contributed by atoms with Gasteiger partial charge in [-0.2, -0.15) is 0 Å². The van der Waals surface area contributed by atoms with Gasteiger partial charge in [0.1, 0.15) is 13.2 Å². The average Bonchev–Trinajstić information content (AvgIpc) is 3.42. The van der Waals surface area contributed by atoms with Crippen LogP contribution in [0.1, 0.15) is 373 Å². The minimum absolute atomic E-state index is 0.0146. The quantitative estimate of drug-likeness (QED) is 0.0272. The number of amides is 1. The molecular formula is C71H141N2O6P. The predicted octanol–water partition coefficient (Wildman–Crippen LogP) is 22.0. The van der Waals surface area contributed by atoms with E-state index in [0.29, 0.717) is 23.9 Å². The van der Waals surface area contributed by atoms with Crippen molar-refractivity contribution < 1.29 is 32.9 Å². The molecule has 0 spiro atoms. The van der Waals surface area contributed by atoms with Gasteiger partial charge in [-0.05, 0) is 44.9 Å². The number of hydrogen-bond acceptors (Lipinski definition) is 6. The largest absolute Gasteiger partial charge is 0.756 e. The lowest BCUT2D eigenvalue weighted by Crippen LogP contribution is -2.46. The first-order chi connectivity index (χ1) is 39.0. The third-order valence-corrected chi connectivity index (χ3v) is 17.7. The normalized spacial score (nSPS) is 13.7. The van der Waals surface area contributed by atoms with E-state index in [0.717, 1.165) is 44.9 Å². The molecule has 0 aromatic heterocycles. The standard InChI is InChI=1S/C71H141N2O6P/c1-6-8-10-12-14-16-18-20-22-24-26-27-28-29-30-31-32-33-34-35-36-37-38-39-40-41-42-43-44-45-47-49-51-53-55-57-59-61-63-65-71(75)72-69(68-79-80(76,77)78-67-66-73(3,4)5)70(74)64-62-60-58-56-54-52-50-48-46-25-23-21-19-17-15-13-11-9-7-2/h32-33,35-36,69-70,74H,6-31,34,37-68H2,1-5H3,(H-,72,75,76,77)/b33-32-,36-35-. The lowest BCUT2D eigenvalue weighted by molar-refractivity contribution is -0.870. The molecule has 0 heterocycles. The smallest absolute Gasteiger partial charge is 0.268 e. The van der Waals surface area contributed by atoms with Crippen molar-refractivity contribution in [2.75, 3.05) is 40.9 Å². The highest BCUT2D eigenvalue weighted by atomic mass is 31.2. The Bertz CT molecular complexity index is 1350. The lowest BCUT2D eigenvalue weighted by atomic mass is 10.0. The molecule has 0 saturated heterocycles. The second-order valence-electron chi connectivity index (χ2n) is 26.0. The molecule has 0 aromatic rings. The maximum absolute atomic E-state index is 13.0. The third kappa shape index (κ3) is 64.5. The number of allylic oxidation sites excluding steroid dienone is 4. The van der Waals surface area contributed by atoms with Gasteiger partial charge in [0, 0.05) is 6.42 Å². The maximum atomic E-state index is 13.0. The van der Waals surface area contributed by atoms with Gasteiger partial charge in [-0.3, -0.25) is 9.36 Å². The summed E-state index contributed by atoms with van der Waals surface area (Å²) in [6, 6.07) is -0.800. The number of nitrogens with one attached hydrogen (secondary N) is 1. The molecule has 1 amide bonds. The van der Waals surface area contributed by atoms with Gasteiger partial charge >= 0.3 is 0 Å². The van der Waals surface area contributed by atoms with Crippen molar-refractivity contribution >= 4 is 13.7 Å². The highest BCUT2D eigenvalue weighted by molar-refractivity contribution is 7.45. The fraction of sp³-hybridized carbons (Fsp3) is 0.930. The van der Waals surface area contributed by atoms with Crippen molar-refractivity contribution in [2.45, 2.75) is 386 Å². The van der Waals surface area contributed by atoms with Crippen molar-refractivity contribution in [3.8, 4) is 0 Å². The van der Waals surface area contributed by atoms with Crippen LogP contribution in [0.2, 0.25) is 0 Å². The number of aliphatic hydroxyl groups excluding tert-OH is 1. The summed E-state index contributed by atoms with van der Waals surface area (Å²) in [6.45, 7) is 4.78. The highest BCUT2D eigenvalue weighted by Crippen LogP contribution is 2.38. The Hall–Kier alpha value is -1.02. The lowest BCUT2D eigenvalue weighted by Gasteiger charge is -2.30. The van der Waals surface area contributed by atoms with Crippen molar-refractivity contribution in [2.24, 2.45) is 0 Å². The molecule has 476 valence electrons. The van der Waals surface area contributed by atoms with E-state index < -0.39 is 20.0 Å². The summed E-state index contributed by atoms with van der Waals surface area (Å²) in [5.74, 6) is -0.157. The van der Waals surface area contributed by atoms with E-state index >= 15 is 0 Å². The second kappa shape index (κ2) is 62.5. The zero-order valence-electron chi connectivity index (χ0n) is 54.6. The summed E-state index contributed by atoms with van der Waals surface area (Å²) in [5.41, 5.74) is 0. The number of aliphatic hydroxyl groups is 1. The van der Waals surface area contributed by atoms with Crippen LogP contribution < -0.4 is 10.2 Å². The third-order valence-electron chi connectivity index (χ3n) is 16.7. The molecule has 0 fully saturated rings. The summed E-state index contributed by atoms with van der Waals surface area (Å²) < 4.78 is 23.5. The molecule has 80 heavy (non-hydrogen) atoms. The van der Waals surface area contributed by atoms with E-state index in [1.807, 2.05) is 21.1 Å². The SMILES string of the molecule is CCCCCCCCCCCCCCCCC/C=C\C/C=C\CCCCCCCCCCCCCCCCCCCC(=O)NC(COP(=O)([O-])OCC[N+](C)(C)C)C(O)CCCCCCCCCCCCCCCCCCCCC. The number of nitrogens with zero attached hydrogens (tertiary/aromatic N) is 1. The Labute approximate surface area is 500 Å². The van der Waals surface area contributed by atoms with E-state index in [-0.39, 0.29) is 19.1 Å².